The van der Waals surface area contributed by atoms with E-state index in [4.69, 9.17) is 15.6 Å². The van der Waals surface area contributed by atoms with E-state index in [0.29, 0.717) is 0 Å². The lowest BCUT2D eigenvalue weighted by Gasteiger charge is -2.01. The van der Waals surface area contributed by atoms with Gasteiger partial charge in [0.05, 0.1) is 11.8 Å². The Balaban J connectivity index is 3.00. The van der Waals surface area contributed by atoms with E-state index in [9.17, 15) is 0 Å². The van der Waals surface area contributed by atoms with E-state index in [1.54, 1.807) is 6.26 Å². The first kappa shape index (κ1) is 10.8. The van der Waals surface area contributed by atoms with E-state index in [1.807, 2.05) is 0 Å². The Hall–Kier alpha value is -1.25. The Bertz CT molecular complexity index is 292. The van der Waals surface area contributed by atoms with Gasteiger partial charge in [0.15, 0.2) is 0 Å². The second-order valence-electron chi connectivity index (χ2n) is 3.47. The van der Waals surface area contributed by atoms with Gasteiger partial charge in [-0.05, 0) is 12.8 Å². The van der Waals surface area contributed by atoms with Crippen LogP contribution >= 0.6 is 0 Å². The van der Waals surface area contributed by atoms with Crippen molar-refractivity contribution in [3.05, 3.63) is 23.2 Å². The van der Waals surface area contributed by atoms with E-state index in [2.05, 4.69) is 13.8 Å². The van der Waals surface area contributed by atoms with Crippen LogP contribution in [-0.2, 0) is 12.8 Å². The van der Waals surface area contributed by atoms with Crippen molar-refractivity contribution in [1.82, 2.24) is 0 Å². The Labute approximate surface area is 84.8 Å². The van der Waals surface area contributed by atoms with Crippen LogP contribution in [0, 0.1) is 5.41 Å². The summed E-state index contributed by atoms with van der Waals surface area (Å²) in [4.78, 5) is 0. The second kappa shape index (κ2) is 4.84. The molecule has 1 heterocycles. The molecule has 1 rings (SSSR count). The minimum absolute atomic E-state index is 0.130. The summed E-state index contributed by atoms with van der Waals surface area (Å²) in [5, 5.41) is 7.51. The van der Waals surface area contributed by atoms with Gasteiger partial charge in [0.1, 0.15) is 11.6 Å². The molecule has 0 spiro atoms. The first-order valence-electron chi connectivity index (χ1n) is 5.14. The Morgan fingerprint density at radius 2 is 2.00 bits per heavy atom. The lowest BCUT2D eigenvalue weighted by atomic mass is 10.0. The molecule has 0 unspecified atom stereocenters. The summed E-state index contributed by atoms with van der Waals surface area (Å²) in [6.07, 6.45) is 5.59. The fraction of sp³-hybridized carbons (Fsp3) is 0.545. The van der Waals surface area contributed by atoms with Gasteiger partial charge < -0.3 is 10.2 Å². The Kier molecular flexibility index (Phi) is 3.74. The van der Waals surface area contributed by atoms with Gasteiger partial charge in [-0.3, -0.25) is 5.41 Å². The number of amidine groups is 1. The van der Waals surface area contributed by atoms with E-state index < -0.39 is 0 Å². The second-order valence-corrected chi connectivity index (χ2v) is 3.47. The summed E-state index contributed by atoms with van der Waals surface area (Å²) >= 11 is 0. The van der Waals surface area contributed by atoms with Crippen LogP contribution in [0.1, 0.15) is 43.6 Å². The molecule has 1 aromatic heterocycles. The SMILES string of the molecule is CCCc1coc(CCC)c1C(=N)N. The van der Waals surface area contributed by atoms with Gasteiger partial charge in [-0.1, -0.05) is 20.3 Å². The number of aryl methyl sites for hydroxylation is 2. The highest BCUT2D eigenvalue weighted by molar-refractivity contribution is 5.97. The number of nitrogen functional groups attached to an aromatic ring is 1. The summed E-state index contributed by atoms with van der Waals surface area (Å²) in [5.41, 5.74) is 7.44. The monoisotopic (exact) mass is 194 g/mol. The molecule has 3 N–H and O–H groups in total. The molecule has 0 atom stereocenters. The molecule has 0 aliphatic heterocycles. The van der Waals surface area contributed by atoms with Crippen molar-refractivity contribution in [1.29, 1.82) is 5.41 Å². The van der Waals surface area contributed by atoms with Gasteiger partial charge in [-0.2, -0.15) is 0 Å². The molecule has 0 bridgehead atoms. The highest BCUT2D eigenvalue weighted by atomic mass is 16.3. The Morgan fingerprint density at radius 1 is 1.36 bits per heavy atom. The van der Waals surface area contributed by atoms with Crippen LogP contribution in [0.5, 0.6) is 0 Å². The molecular weight excluding hydrogens is 176 g/mol. The predicted octanol–water partition coefficient (Wildman–Crippen LogP) is 2.47. The Morgan fingerprint density at radius 3 is 2.50 bits per heavy atom. The number of nitrogens with two attached hydrogens (primary N) is 1. The standard InChI is InChI=1S/C11H18N2O/c1-3-5-8-7-14-9(6-4-2)10(8)11(12)13/h7H,3-6H2,1-2H3,(H3,12,13). The van der Waals surface area contributed by atoms with E-state index >= 15 is 0 Å². The van der Waals surface area contributed by atoms with Crippen LogP contribution in [-0.4, -0.2) is 5.84 Å². The normalized spacial score (nSPS) is 10.4. The fourth-order valence-corrected chi connectivity index (χ4v) is 1.63. The maximum absolute atomic E-state index is 7.51. The van der Waals surface area contributed by atoms with Crippen LogP contribution in [0.3, 0.4) is 0 Å². The van der Waals surface area contributed by atoms with Gasteiger partial charge >= 0.3 is 0 Å². The van der Waals surface area contributed by atoms with Crippen molar-refractivity contribution < 1.29 is 4.42 Å². The van der Waals surface area contributed by atoms with E-state index in [0.717, 1.165) is 42.6 Å². The fourth-order valence-electron chi connectivity index (χ4n) is 1.63. The zero-order chi connectivity index (χ0) is 10.6. The van der Waals surface area contributed by atoms with Gasteiger partial charge in [0, 0.05) is 12.0 Å². The molecule has 78 valence electrons. The number of nitrogens with one attached hydrogen (secondary N) is 1. The van der Waals surface area contributed by atoms with E-state index in [-0.39, 0.29) is 5.84 Å². The third kappa shape index (κ3) is 2.16. The molecule has 0 aliphatic rings. The minimum Gasteiger partial charge on any atom is -0.468 e. The van der Waals surface area contributed by atoms with Crippen molar-refractivity contribution in [2.24, 2.45) is 5.73 Å². The number of furan rings is 1. The summed E-state index contributed by atoms with van der Waals surface area (Å²) in [6, 6.07) is 0. The van der Waals surface area contributed by atoms with Crippen LogP contribution in [0.4, 0.5) is 0 Å². The molecule has 0 radical (unpaired) electrons. The zero-order valence-corrected chi connectivity index (χ0v) is 8.89. The average Bonchev–Trinajstić information content (AvgIpc) is 2.49. The molecular formula is C11H18N2O. The molecule has 3 nitrogen and oxygen atoms in total. The first-order chi connectivity index (χ1) is 6.70. The highest BCUT2D eigenvalue weighted by Gasteiger charge is 2.14. The maximum atomic E-state index is 7.51. The van der Waals surface area contributed by atoms with Crippen molar-refractivity contribution in [3.63, 3.8) is 0 Å². The highest BCUT2D eigenvalue weighted by Crippen LogP contribution is 2.19. The summed E-state index contributed by atoms with van der Waals surface area (Å²) in [7, 11) is 0. The maximum Gasteiger partial charge on any atom is 0.126 e. The van der Waals surface area contributed by atoms with Crippen molar-refractivity contribution in [2.75, 3.05) is 0 Å². The smallest absolute Gasteiger partial charge is 0.126 e. The molecule has 0 fully saturated rings. The third-order valence-corrected chi connectivity index (χ3v) is 2.21. The van der Waals surface area contributed by atoms with Crippen molar-refractivity contribution in [3.8, 4) is 0 Å². The molecule has 0 aliphatic carbocycles. The van der Waals surface area contributed by atoms with E-state index in [1.165, 1.54) is 0 Å². The largest absolute Gasteiger partial charge is 0.468 e. The predicted molar refractivity (Wildman–Crippen MR) is 57.7 cm³/mol. The van der Waals surface area contributed by atoms with Crippen LogP contribution < -0.4 is 5.73 Å². The average molecular weight is 194 g/mol. The van der Waals surface area contributed by atoms with Gasteiger partial charge in [-0.25, -0.2) is 0 Å². The van der Waals surface area contributed by atoms with Crippen LogP contribution in [0.25, 0.3) is 0 Å². The molecule has 0 aromatic carbocycles. The van der Waals surface area contributed by atoms with Gasteiger partial charge in [0.2, 0.25) is 0 Å². The molecule has 3 heteroatoms. The quantitative estimate of drug-likeness (QED) is 0.558. The molecule has 1 aromatic rings. The molecule has 0 saturated carbocycles. The summed E-state index contributed by atoms with van der Waals surface area (Å²) in [5.74, 6) is 0.995. The third-order valence-electron chi connectivity index (χ3n) is 2.21. The lowest BCUT2D eigenvalue weighted by Crippen LogP contribution is -2.14. The number of rotatable bonds is 5. The van der Waals surface area contributed by atoms with Crippen molar-refractivity contribution in [2.45, 2.75) is 39.5 Å². The topological polar surface area (TPSA) is 63.0 Å². The molecule has 0 amide bonds. The van der Waals surface area contributed by atoms with Crippen LogP contribution in [0.2, 0.25) is 0 Å². The van der Waals surface area contributed by atoms with Gasteiger partial charge in [0.25, 0.3) is 0 Å². The molecule has 0 saturated heterocycles. The van der Waals surface area contributed by atoms with Gasteiger partial charge in [-0.15, -0.1) is 0 Å². The number of hydrogen-bond donors (Lipinski definition) is 2. The number of hydrogen-bond acceptors (Lipinski definition) is 2. The molecule has 14 heavy (non-hydrogen) atoms. The summed E-state index contributed by atoms with van der Waals surface area (Å²) in [6.45, 7) is 4.20. The first-order valence-corrected chi connectivity index (χ1v) is 5.14. The minimum atomic E-state index is 0.130. The summed E-state index contributed by atoms with van der Waals surface area (Å²) < 4.78 is 5.43. The van der Waals surface area contributed by atoms with Crippen molar-refractivity contribution >= 4 is 5.84 Å². The lowest BCUT2D eigenvalue weighted by molar-refractivity contribution is 0.503. The zero-order valence-electron chi connectivity index (χ0n) is 8.89. The van der Waals surface area contributed by atoms with Crippen LogP contribution in [0.15, 0.2) is 10.7 Å².